The van der Waals surface area contributed by atoms with Gasteiger partial charge in [0.05, 0.1) is 0 Å². The summed E-state index contributed by atoms with van der Waals surface area (Å²) >= 11 is 0. The van der Waals surface area contributed by atoms with Gasteiger partial charge >= 0.3 is 6.03 Å². The summed E-state index contributed by atoms with van der Waals surface area (Å²) in [7, 11) is 0. The van der Waals surface area contributed by atoms with Crippen LogP contribution in [0.5, 0.6) is 0 Å². The molecule has 0 spiro atoms. The van der Waals surface area contributed by atoms with Gasteiger partial charge in [-0.15, -0.1) is 12.3 Å². The Morgan fingerprint density at radius 2 is 2.62 bits per heavy atom. The van der Waals surface area contributed by atoms with Crippen LogP contribution in [-0.4, -0.2) is 17.7 Å². The van der Waals surface area contributed by atoms with E-state index in [4.69, 9.17) is 6.42 Å². The number of nitrogens with one attached hydrogen (secondary N) is 2. The van der Waals surface area contributed by atoms with Crippen molar-refractivity contribution in [2.24, 2.45) is 0 Å². The van der Waals surface area contributed by atoms with Gasteiger partial charge in [-0.3, -0.25) is 5.32 Å². The molecule has 0 saturated heterocycles. The van der Waals surface area contributed by atoms with Crippen molar-refractivity contribution in [3.63, 3.8) is 0 Å². The molecule has 0 aliphatic carbocycles. The number of anilines is 1. The smallest absolute Gasteiger partial charge is 0.320 e. The molecule has 0 fully saturated rings. The summed E-state index contributed by atoms with van der Waals surface area (Å²) in [4.78, 5) is 11.0. The molecule has 0 unspecified atom stereocenters. The Kier molecular flexibility index (Phi) is 3.39. The number of hydrogen-bond donors (Lipinski definition) is 2. The fourth-order valence-corrected chi connectivity index (χ4v) is 0.686. The third-order valence-electron chi connectivity index (χ3n) is 1.23. The fraction of sp³-hybridized carbons (Fsp3) is 0.250. The van der Waals surface area contributed by atoms with E-state index in [-0.39, 0.29) is 6.03 Å². The van der Waals surface area contributed by atoms with E-state index in [1.807, 2.05) is 0 Å². The summed E-state index contributed by atoms with van der Waals surface area (Å²) in [6.07, 6.45) is 6.88. The average Bonchev–Trinajstić information content (AvgIpc) is 2.57. The van der Waals surface area contributed by atoms with Crippen molar-refractivity contribution in [3.8, 4) is 12.3 Å². The Hall–Kier alpha value is -1.96. The van der Waals surface area contributed by atoms with Gasteiger partial charge in [-0.2, -0.15) is 0 Å². The topological polar surface area (TPSA) is 67.2 Å². The molecular weight excluding hydrogens is 170 g/mol. The summed E-state index contributed by atoms with van der Waals surface area (Å²) in [6, 6.07) is 1.20. The number of aromatic nitrogens is 1. The number of hydrogen-bond acceptors (Lipinski definition) is 3. The van der Waals surface area contributed by atoms with Gasteiger partial charge in [-0.05, 0) is 0 Å². The highest BCUT2D eigenvalue weighted by Gasteiger charge is 2.01. The lowest BCUT2D eigenvalue weighted by molar-refractivity contribution is 0.252. The Morgan fingerprint density at radius 3 is 3.23 bits per heavy atom. The molecule has 0 aliphatic rings. The summed E-state index contributed by atoms with van der Waals surface area (Å²) in [5.74, 6) is 2.78. The molecule has 13 heavy (non-hydrogen) atoms. The molecule has 0 bridgehead atoms. The highest BCUT2D eigenvalue weighted by molar-refractivity contribution is 5.87. The molecule has 0 atom stereocenters. The second kappa shape index (κ2) is 4.83. The molecule has 5 heteroatoms. The van der Waals surface area contributed by atoms with E-state index >= 15 is 0 Å². The zero-order valence-electron chi connectivity index (χ0n) is 6.91. The molecule has 2 amide bonds. The fourth-order valence-electron chi connectivity index (χ4n) is 0.686. The number of nitrogens with zero attached hydrogens (tertiary/aromatic N) is 1. The highest BCUT2D eigenvalue weighted by atomic mass is 16.5. The summed E-state index contributed by atoms with van der Waals surface area (Å²) in [6.45, 7) is 0.445. The van der Waals surface area contributed by atoms with Gasteiger partial charge in [-0.1, -0.05) is 5.16 Å². The van der Waals surface area contributed by atoms with Gasteiger partial charge < -0.3 is 9.84 Å². The van der Waals surface area contributed by atoms with Crippen LogP contribution in [0.2, 0.25) is 0 Å². The van der Waals surface area contributed by atoms with Crippen LogP contribution < -0.4 is 10.6 Å². The van der Waals surface area contributed by atoms with Crippen LogP contribution in [0.1, 0.15) is 6.42 Å². The standard InChI is InChI=1S/C8H9N3O2/c1-2-3-5-9-8(12)10-7-4-6-13-11-7/h1,4,6H,3,5H2,(H2,9,10,11,12). The van der Waals surface area contributed by atoms with Gasteiger partial charge in [-0.25, -0.2) is 4.79 Å². The number of terminal acetylenes is 1. The Labute approximate surface area is 75.5 Å². The minimum Gasteiger partial charge on any atom is -0.363 e. The van der Waals surface area contributed by atoms with Gasteiger partial charge in [0.1, 0.15) is 6.26 Å². The third kappa shape index (κ3) is 3.29. The monoisotopic (exact) mass is 179 g/mol. The zero-order chi connectivity index (χ0) is 9.52. The van der Waals surface area contributed by atoms with Crippen molar-refractivity contribution >= 4 is 11.8 Å². The number of carbonyl (C=O) groups is 1. The maximum absolute atomic E-state index is 11.0. The van der Waals surface area contributed by atoms with Crippen molar-refractivity contribution in [1.29, 1.82) is 0 Å². The first-order chi connectivity index (χ1) is 6.33. The van der Waals surface area contributed by atoms with Crippen LogP contribution in [0.3, 0.4) is 0 Å². The first kappa shape index (κ1) is 9.13. The molecular formula is C8H9N3O2. The lowest BCUT2D eigenvalue weighted by Crippen LogP contribution is -2.29. The second-order valence-corrected chi connectivity index (χ2v) is 2.22. The quantitative estimate of drug-likeness (QED) is 0.533. The van der Waals surface area contributed by atoms with Crippen LogP contribution >= 0.6 is 0 Å². The molecule has 2 N–H and O–H groups in total. The minimum atomic E-state index is -0.343. The van der Waals surface area contributed by atoms with Gasteiger partial charge in [0.25, 0.3) is 0 Å². The minimum absolute atomic E-state index is 0.343. The van der Waals surface area contributed by atoms with E-state index in [1.54, 1.807) is 6.07 Å². The zero-order valence-corrected chi connectivity index (χ0v) is 6.91. The lowest BCUT2D eigenvalue weighted by atomic mass is 10.4. The Balaban J connectivity index is 2.23. The molecule has 0 aliphatic heterocycles. The third-order valence-corrected chi connectivity index (χ3v) is 1.23. The van der Waals surface area contributed by atoms with Crippen LogP contribution in [-0.2, 0) is 0 Å². The highest BCUT2D eigenvalue weighted by Crippen LogP contribution is 1.99. The molecule has 5 nitrogen and oxygen atoms in total. The first-order valence-electron chi connectivity index (χ1n) is 3.71. The van der Waals surface area contributed by atoms with Crippen molar-refractivity contribution < 1.29 is 9.32 Å². The molecule has 0 saturated carbocycles. The molecule has 0 radical (unpaired) electrons. The molecule has 68 valence electrons. The molecule has 1 aromatic rings. The maximum Gasteiger partial charge on any atom is 0.320 e. The van der Waals surface area contributed by atoms with E-state index < -0.39 is 0 Å². The normalized spacial score (nSPS) is 8.85. The first-order valence-corrected chi connectivity index (χ1v) is 3.71. The van der Waals surface area contributed by atoms with Crippen LogP contribution in [0.25, 0.3) is 0 Å². The van der Waals surface area contributed by atoms with E-state index in [0.29, 0.717) is 18.8 Å². The second-order valence-electron chi connectivity index (χ2n) is 2.22. The van der Waals surface area contributed by atoms with E-state index in [9.17, 15) is 4.79 Å². The Morgan fingerprint density at radius 1 is 1.77 bits per heavy atom. The van der Waals surface area contributed by atoms with Gasteiger partial charge in [0, 0.05) is 19.0 Å². The van der Waals surface area contributed by atoms with Crippen molar-refractivity contribution in [2.75, 3.05) is 11.9 Å². The van der Waals surface area contributed by atoms with E-state index in [1.165, 1.54) is 6.26 Å². The number of urea groups is 1. The molecule has 1 heterocycles. The average molecular weight is 179 g/mol. The SMILES string of the molecule is C#CCCNC(=O)Nc1ccon1. The molecule has 1 rings (SSSR count). The van der Waals surface area contributed by atoms with Crippen LogP contribution in [0.15, 0.2) is 16.9 Å². The predicted octanol–water partition coefficient (Wildman–Crippen LogP) is 0.819. The van der Waals surface area contributed by atoms with Crippen LogP contribution in [0.4, 0.5) is 10.6 Å². The maximum atomic E-state index is 11.0. The van der Waals surface area contributed by atoms with Crippen molar-refractivity contribution in [3.05, 3.63) is 12.3 Å². The van der Waals surface area contributed by atoms with E-state index in [0.717, 1.165) is 0 Å². The summed E-state index contributed by atoms with van der Waals surface area (Å²) in [5.41, 5.74) is 0. The van der Waals surface area contributed by atoms with Crippen molar-refractivity contribution in [2.45, 2.75) is 6.42 Å². The lowest BCUT2D eigenvalue weighted by Gasteiger charge is -2.01. The predicted molar refractivity (Wildman–Crippen MR) is 47.0 cm³/mol. The number of amides is 2. The van der Waals surface area contributed by atoms with Crippen LogP contribution in [0, 0.1) is 12.3 Å². The number of carbonyl (C=O) groups excluding carboxylic acids is 1. The summed E-state index contributed by atoms with van der Waals surface area (Å²) in [5, 5.41) is 8.50. The largest absolute Gasteiger partial charge is 0.363 e. The molecule has 1 aromatic heterocycles. The number of rotatable bonds is 3. The Bertz CT molecular complexity index is 300. The van der Waals surface area contributed by atoms with Crippen molar-refractivity contribution in [1.82, 2.24) is 10.5 Å². The van der Waals surface area contributed by atoms with E-state index in [2.05, 4.69) is 26.2 Å². The van der Waals surface area contributed by atoms with Gasteiger partial charge in [0.15, 0.2) is 5.82 Å². The molecule has 0 aromatic carbocycles. The van der Waals surface area contributed by atoms with Gasteiger partial charge in [0.2, 0.25) is 0 Å². The summed E-state index contributed by atoms with van der Waals surface area (Å²) < 4.78 is 4.52.